The van der Waals surface area contributed by atoms with E-state index in [1.807, 2.05) is 6.08 Å². The van der Waals surface area contributed by atoms with Gasteiger partial charge in [-0.05, 0) is 30.1 Å². The molecule has 0 spiro atoms. The van der Waals surface area contributed by atoms with Crippen LogP contribution in [-0.4, -0.2) is 0 Å². The first-order chi connectivity index (χ1) is 9.45. The molecule has 118 valence electrons. The van der Waals surface area contributed by atoms with E-state index >= 15 is 0 Å². The molecule has 3 atom stereocenters. The zero-order valence-corrected chi connectivity index (χ0v) is 14.7. The summed E-state index contributed by atoms with van der Waals surface area (Å²) >= 11 is 0. The lowest BCUT2D eigenvalue weighted by atomic mass is 9.92. The van der Waals surface area contributed by atoms with Crippen LogP contribution in [0.2, 0.25) is 0 Å². The fourth-order valence-electron chi connectivity index (χ4n) is 2.56. The third-order valence-corrected chi connectivity index (χ3v) is 4.22. The van der Waals surface area contributed by atoms with E-state index in [4.69, 9.17) is 0 Å². The predicted octanol–water partition coefficient (Wildman–Crippen LogP) is 7.02. The maximum atomic E-state index is 3.81. The second kappa shape index (κ2) is 12.2. The van der Waals surface area contributed by atoms with E-state index in [2.05, 4.69) is 53.3 Å². The molecule has 0 N–H and O–H groups in total. The summed E-state index contributed by atoms with van der Waals surface area (Å²) < 4.78 is 0. The van der Waals surface area contributed by atoms with Crippen LogP contribution in [0.3, 0.4) is 0 Å². The van der Waals surface area contributed by atoms with Crippen LogP contribution >= 0.6 is 0 Å². The van der Waals surface area contributed by atoms with E-state index < -0.39 is 0 Å². The molecule has 0 aromatic rings. The average Bonchev–Trinajstić information content (AvgIpc) is 2.38. The van der Waals surface area contributed by atoms with Crippen molar-refractivity contribution in [1.29, 1.82) is 0 Å². The van der Waals surface area contributed by atoms with Crippen molar-refractivity contribution in [3.8, 4) is 0 Å². The Bertz CT molecular complexity index is 249. The van der Waals surface area contributed by atoms with Crippen LogP contribution in [0.1, 0.15) is 79.6 Å². The largest absolute Gasteiger partial charge is 0.102 e. The molecule has 0 heterocycles. The number of hydrogen-bond donors (Lipinski definition) is 0. The van der Waals surface area contributed by atoms with Crippen LogP contribution in [0.4, 0.5) is 0 Å². The minimum Gasteiger partial charge on any atom is -0.102 e. The van der Waals surface area contributed by atoms with Crippen molar-refractivity contribution >= 4 is 0 Å². The molecule has 20 heavy (non-hydrogen) atoms. The molecule has 0 heteroatoms. The maximum Gasteiger partial charge on any atom is -0.00846 e. The van der Waals surface area contributed by atoms with Crippen molar-refractivity contribution < 1.29 is 0 Å². The van der Waals surface area contributed by atoms with Gasteiger partial charge in [-0.25, -0.2) is 0 Å². The molecule has 0 aliphatic carbocycles. The summed E-state index contributed by atoms with van der Waals surface area (Å²) in [6.07, 6.45) is 16.2. The molecule has 0 fully saturated rings. The molecule has 0 aromatic carbocycles. The fraction of sp³-hybridized carbons (Fsp3) is 0.800. The Morgan fingerprint density at radius 2 is 1.35 bits per heavy atom. The van der Waals surface area contributed by atoms with Crippen molar-refractivity contribution in [2.75, 3.05) is 0 Å². The number of allylic oxidation sites excluding steroid dienone is 3. The van der Waals surface area contributed by atoms with Crippen molar-refractivity contribution in [3.05, 3.63) is 24.8 Å². The molecule has 0 saturated heterocycles. The Morgan fingerprint density at radius 3 is 1.90 bits per heavy atom. The van der Waals surface area contributed by atoms with Gasteiger partial charge in [0.2, 0.25) is 0 Å². The molecule has 0 aliphatic heterocycles. The minimum atomic E-state index is 0.517. The van der Waals surface area contributed by atoms with E-state index in [0.29, 0.717) is 5.92 Å². The zero-order valence-electron chi connectivity index (χ0n) is 14.7. The SMILES string of the molecule is C=CC(C)/C=C/CC(C)CCCC(C)CCCC(C)C. The highest BCUT2D eigenvalue weighted by Crippen LogP contribution is 2.20. The summed E-state index contributed by atoms with van der Waals surface area (Å²) in [5.74, 6) is 3.12. The summed E-state index contributed by atoms with van der Waals surface area (Å²) in [5.41, 5.74) is 0. The van der Waals surface area contributed by atoms with E-state index in [0.717, 1.165) is 17.8 Å². The molecule has 0 saturated carbocycles. The van der Waals surface area contributed by atoms with Gasteiger partial charge in [-0.2, -0.15) is 0 Å². The second-order valence-electron chi connectivity index (χ2n) is 7.22. The van der Waals surface area contributed by atoms with Gasteiger partial charge in [0.25, 0.3) is 0 Å². The fourth-order valence-corrected chi connectivity index (χ4v) is 2.56. The normalized spacial score (nSPS) is 16.5. The first-order valence-corrected chi connectivity index (χ1v) is 8.74. The van der Waals surface area contributed by atoms with Gasteiger partial charge in [0.05, 0.1) is 0 Å². The van der Waals surface area contributed by atoms with Crippen LogP contribution < -0.4 is 0 Å². The molecule has 0 aromatic heterocycles. The van der Waals surface area contributed by atoms with E-state index in [1.165, 1.54) is 44.9 Å². The van der Waals surface area contributed by atoms with Crippen LogP contribution in [0.15, 0.2) is 24.8 Å². The number of rotatable bonds is 12. The third-order valence-electron chi connectivity index (χ3n) is 4.22. The lowest BCUT2D eigenvalue weighted by Gasteiger charge is -2.14. The Labute approximate surface area is 128 Å². The van der Waals surface area contributed by atoms with Gasteiger partial charge in [0.1, 0.15) is 0 Å². The lowest BCUT2D eigenvalue weighted by Crippen LogP contribution is -1.99. The smallest absolute Gasteiger partial charge is 0.00846 e. The van der Waals surface area contributed by atoms with Gasteiger partial charge < -0.3 is 0 Å². The summed E-state index contributed by atoms with van der Waals surface area (Å²) in [7, 11) is 0. The zero-order chi connectivity index (χ0) is 15.4. The molecule has 0 nitrogen and oxygen atoms in total. The molecule has 0 bridgehead atoms. The Kier molecular flexibility index (Phi) is 11.9. The third kappa shape index (κ3) is 12.5. The Hall–Kier alpha value is -0.520. The summed E-state index contributed by atoms with van der Waals surface area (Å²) in [6.45, 7) is 15.5. The predicted molar refractivity (Wildman–Crippen MR) is 94.0 cm³/mol. The van der Waals surface area contributed by atoms with Crippen LogP contribution in [0.5, 0.6) is 0 Å². The summed E-state index contributed by atoms with van der Waals surface area (Å²) in [4.78, 5) is 0. The first kappa shape index (κ1) is 19.5. The van der Waals surface area contributed by atoms with Gasteiger partial charge >= 0.3 is 0 Å². The van der Waals surface area contributed by atoms with Crippen molar-refractivity contribution in [2.24, 2.45) is 23.7 Å². The van der Waals surface area contributed by atoms with E-state index in [-0.39, 0.29) is 0 Å². The molecular weight excluding hydrogens is 240 g/mol. The van der Waals surface area contributed by atoms with Gasteiger partial charge in [-0.15, -0.1) is 6.58 Å². The van der Waals surface area contributed by atoms with Crippen LogP contribution in [0, 0.1) is 23.7 Å². The van der Waals surface area contributed by atoms with E-state index in [9.17, 15) is 0 Å². The van der Waals surface area contributed by atoms with Crippen LogP contribution in [-0.2, 0) is 0 Å². The lowest BCUT2D eigenvalue weighted by molar-refractivity contribution is 0.401. The highest BCUT2D eigenvalue weighted by molar-refractivity contribution is 4.95. The Morgan fingerprint density at radius 1 is 0.800 bits per heavy atom. The van der Waals surface area contributed by atoms with Gasteiger partial charge in [-0.1, -0.05) is 91.4 Å². The van der Waals surface area contributed by atoms with Gasteiger partial charge in [0.15, 0.2) is 0 Å². The van der Waals surface area contributed by atoms with Crippen molar-refractivity contribution in [3.63, 3.8) is 0 Å². The van der Waals surface area contributed by atoms with Gasteiger partial charge in [0, 0.05) is 0 Å². The highest BCUT2D eigenvalue weighted by atomic mass is 14.1. The summed E-state index contributed by atoms with van der Waals surface area (Å²) in [6, 6.07) is 0. The molecule has 0 radical (unpaired) electrons. The molecule has 0 amide bonds. The highest BCUT2D eigenvalue weighted by Gasteiger charge is 2.05. The monoisotopic (exact) mass is 278 g/mol. The molecular formula is C20H38. The van der Waals surface area contributed by atoms with Crippen molar-refractivity contribution in [1.82, 2.24) is 0 Å². The van der Waals surface area contributed by atoms with Crippen LogP contribution in [0.25, 0.3) is 0 Å². The maximum absolute atomic E-state index is 3.81. The topological polar surface area (TPSA) is 0 Å². The summed E-state index contributed by atoms with van der Waals surface area (Å²) in [5, 5.41) is 0. The second-order valence-corrected chi connectivity index (χ2v) is 7.22. The standard InChI is InChI=1S/C20H38/c1-7-18(4)12-9-14-20(6)16-10-15-19(5)13-8-11-17(2)3/h7,9,12,17-20H,1,8,10-11,13-16H2,2-6H3/b12-9+. The Balaban J connectivity index is 3.57. The quantitative estimate of drug-likeness (QED) is 0.336. The molecule has 0 rings (SSSR count). The minimum absolute atomic E-state index is 0.517. The van der Waals surface area contributed by atoms with Gasteiger partial charge in [-0.3, -0.25) is 0 Å². The molecule has 3 unspecified atom stereocenters. The number of hydrogen-bond acceptors (Lipinski definition) is 0. The first-order valence-electron chi connectivity index (χ1n) is 8.74. The average molecular weight is 279 g/mol. The molecule has 0 aliphatic rings. The van der Waals surface area contributed by atoms with Crippen molar-refractivity contribution in [2.45, 2.75) is 79.6 Å². The van der Waals surface area contributed by atoms with E-state index in [1.54, 1.807) is 0 Å².